The van der Waals surface area contributed by atoms with Gasteiger partial charge in [-0.25, -0.2) is 14.5 Å². The molecule has 0 unspecified atom stereocenters. The number of piperidine rings is 1. The molecule has 3 heterocycles. The molecule has 1 saturated heterocycles. The van der Waals surface area contributed by atoms with E-state index < -0.39 is 0 Å². The molecule has 0 bridgehead atoms. The predicted molar refractivity (Wildman–Crippen MR) is 90.8 cm³/mol. The number of carbonyl (C=O) groups is 1. The number of urea groups is 1. The standard InChI is InChI=1S/C17H24N6O/c1-13(14-2-3-14)23-16(4-7-19-23)20-17(24)21-9-5-15(6-10-21)22-11-8-18-12-22/h4,7-8,11-15H,2-3,5-6,9-10H2,1H3,(H,20,24)/t13-/m0/s1. The van der Waals surface area contributed by atoms with E-state index in [0.717, 1.165) is 31.7 Å². The summed E-state index contributed by atoms with van der Waals surface area (Å²) < 4.78 is 4.09. The number of amides is 2. The third-order valence-corrected chi connectivity index (χ3v) is 5.29. The maximum absolute atomic E-state index is 12.6. The second-order valence-electron chi connectivity index (χ2n) is 6.90. The molecule has 0 radical (unpaired) electrons. The molecule has 0 spiro atoms. The molecule has 1 atom stereocenters. The number of nitrogens with one attached hydrogen (secondary N) is 1. The first-order valence-electron chi connectivity index (χ1n) is 8.79. The molecule has 1 aliphatic heterocycles. The van der Waals surface area contributed by atoms with Gasteiger partial charge in [0, 0.05) is 37.6 Å². The van der Waals surface area contributed by atoms with Gasteiger partial charge in [-0.15, -0.1) is 0 Å². The van der Waals surface area contributed by atoms with E-state index in [1.165, 1.54) is 12.8 Å². The Balaban J connectivity index is 1.35. The van der Waals surface area contributed by atoms with Gasteiger partial charge in [0.05, 0.1) is 18.6 Å². The molecule has 2 aliphatic rings. The van der Waals surface area contributed by atoms with Crippen LogP contribution in [0, 0.1) is 5.92 Å². The fourth-order valence-electron chi connectivity index (χ4n) is 3.56. The predicted octanol–water partition coefficient (Wildman–Crippen LogP) is 2.92. The lowest BCUT2D eigenvalue weighted by atomic mass is 10.1. The van der Waals surface area contributed by atoms with Crippen molar-refractivity contribution in [2.24, 2.45) is 5.92 Å². The van der Waals surface area contributed by atoms with Crippen molar-refractivity contribution in [3.8, 4) is 0 Å². The Kier molecular flexibility index (Phi) is 4.00. The Morgan fingerprint density at radius 1 is 1.25 bits per heavy atom. The van der Waals surface area contributed by atoms with Crippen LogP contribution in [0.4, 0.5) is 10.6 Å². The number of rotatable bonds is 4. The second kappa shape index (κ2) is 6.30. The van der Waals surface area contributed by atoms with Gasteiger partial charge in [-0.05, 0) is 38.5 Å². The number of hydrogen-bond donors (Lipinski definition) is 1. The van der Waals surface area contributed by atoms with Gasteiger partial charge in [-0.2, -0.15) is 5.10 Å². The summed E-state index contributed by atoms with van der Waals surface area (Å²) >= 11 is 0. The minimum Gasteiger partial charge on any atom is -0.334 e. The zero-order valence-corrected chi connectivity index (χ0v) is 14.0. The maximum atomic E-state index is 12.6. The van der Waals surface area contributed by atoms with Crippen molar-refractivity contribution in [3.63, 3.8) is 0 Å². The molecule has 1 saturated carbocycles. The molecule has 24 heavy (non-hydrogen) atoms. The van der Waals surface area contributed by atoms with E-state index in [0.29, 0.717) is 18.0 Å². The molecule has 0 aromatic carbocycles. The van der Waals surface area contributed by atoms with Crippen LogP contribution in [0.3, 0.4) is 0 Å². The van der Waals surface area contributed by atoms with Gasteiger partial charge in [0.2, 0.25) is 0 Å². The maximum Gasteiger partial charge on any atom is 0.323 e. The summed E-state index contributed by atoms with van der Waals surface area (Å²) in [4.78, 5) is 18.6. The molecule has 2 aromatic rings. The molecule has 2 fully saturated rings. The Morgan fingerprint density at radius 3 is 2.71 bits per heavy atom. The van der Waals surface area contributed by atoms with Crippen LogP contribution in [-0.2, 0) is 0 Å². The van der Waals surface area contributed by atoms with Gasteiger partial charge in [0.1, 0.15) is 5.82 Å². The van der Waals surface area contributed by atoms with Crippen LogP contribution in [0.1, 0.15) is 44.7 Å². The van der Waals surface area contributed by atoms with E-state index in [-0.39, 0.29) is 6.03 Å². The van der Waals surface area contributed by atoms with Gasteiger partial charge in [-0.1, -0.05) is 0 Å². The van der Waals surface area contributed by atoms with Crippen molar-refractivity contribution in [1.82, 2.24) is 24.2 Å². The molecular weight excluding hydrogens is 304 g/mol. The largest absolute Gasteiger partial charge is 0.334 e. The van der Waals surface area contributed by atoms with E-state index in [1.807, 2.05) is 28.2 Å². The quantitative estimate of drug-likeness (QED) is 0.938. The van der Waals surface area contributed by atoms with Crippen molar-refractivity contribution in [2.75, 3.05) is 18.4 Å². The highest BCUT2D eigenvalue weighted by Gasteiger charge is 2.31. The van der Waals surface area contributed by atoms with Gasteiger partial charge in [-0.3, -0.25) is 5.32 Å². The second-order valence-corrected chi connectivity index (χ2v) is 6.90. The molecule has 1 aliphatic carbocycles. The Hall–Kier alpha value is -2.31. The van der Waals surface area contributed by atoms with E-state index >= 15 is 0 Å². The average molecular weight is 328 g/mol. The van der Waals surface area contributed by atoms with Crippen molar-refractivity contribution >= 4 is 11.8 Å². The summed E-state index contributed by atoms with van der Waals surface area (Å²) in [5, 5.41) is 7.44. The Morgan fingerprint density at radius 2 is 2.04 bits per heavy atom. The van der Waals surface area contributed by atoms with Crippen LogP contribution in [0.15, 0.2) is 31.0 Å². The number of anilines is 1. The van der Waals surface area contributed by atoms with E-state index in [1.54, 1.807) is 12.4 Å². The number of aromatic nitrogens is 4. The molecule has 2 aromatic heterocycles. The SMILES string of the molecule is C[C@@H](C1CC1)n1nccc1NC(=O)N1CCC(n2ccnc2)CC1. The summed E-state index contributed by atoms with van der Waals surface area (Å²) in [5.74, 6) is 1.50. The first-order valence-corrected chi connectivity index (χ1v) is 8.79. The van der Waals surface area contributed by atoms with E-state index in [2.05, 4.69) is 26.9 Å². The van der Waals surface area contributed by atoms with Gasteiger partial charge in [0.25, 0.3) is 0 Å². The van der Waals surface area contributed by atoms with Crippen LogP contribution in [0.5, 0.6) is 0 Å². The fourth-order valence-corrected chi connectivity index (χ4v) is 3.56. The lowest BCUT2D eigenvalue weighted by Gasteiger charge is -2.32. The minimum atomic E-state index is -0.0242. The molecule has 7 heteroatoms. The molecule has 2 amide bonds. The van der Waals surface area contributed by atoms with Gasteiger partial charge >= 0.3 is 6.03 Å². The lowest BCUT2D eigenvalue weighted by Crippen LogP contribution is -2.41. The zero-order chi connectivity index (χ0) is 16.5. The first kappa shape index (κ1) is 15.2. The number of hydrogen-bond acceptors (Lipinski definition) is 3. The summed E-state index contributed by atoms with van der Waals surface area (Å²) in [6, 6.07) is 2.65. The van der Waals surface area contributed by atoms with Gasteiger partial charge in [0.15, 0.2) is 0 Å². The monoisotopic (exact) mass is 328 g/mol. The number of imidazole rings is 1. The molecule has 128 valence electrons. The topological polar surface area (TPSA) is 68.0 Å². The third-order valence-electron chi connectivity index (χ3n) is 5.29. The highest BCUT2D eigenvalue weighted by molar-refractivity contribution is 5.88. The molecule has 4 rings (SSSR count). The third kappa shape index (κ3) is 3.02. The molecule has 1 N–H and O–H groups in total. The summed E-state index contributed by atoms with van der Waals surface area (Å²) in [7, 11) is 0. The first-order chi connectivity index (χ1) is 11.7. The summed E-state index contributed by atoms with van der Waals surface area (Å²) in [6.45, 7) is 3.71. The molecular formula is C17H24N6O. The van der Waals surface area contributed by atoms with Crippen LogP contribution < -0.4 is 5.32 Å². The number of likely N-dealkylation sites (tertiary alicyclic amines) is 1. The number of nitrogens with zero attached hydrogens (tertiary/aromatic N) is 5. The Bertz CT molecular complexity index is 682. The van der Waals surface area contributed by atoms with Crippen LogP contribution in [0.2, 0.25) is 0 Å². The van der Waals surface area contributed by atoms with Crippen LogP contribution in [0.25, 0.3) is 0 Å². The van der Waals surface area contributed by atoms with Crippen molar-refractivity contribution in [3.05, 3.63) is 31.0 Å². The fraction of sp³-hybridized carbons (Fsp3) is 0.588. The molecule has 7 nitrogen and oxygen atoms in total. The smallest absolute Gasteiger partial charge is 0.323 e. The van der Waals surface area contributed by atoms with E-state index in [9.17, 15) is 4.79 Å². The average Bonchev–Trinajstić information content (AvgIpc) is 3.11. The normalized spacial score (nSPS) is 20.1. The summed E-state index contributed by atoms with van der Waals surface area (Å²) in [5.41, 5.74) is 0. The summed E-state index contributed by atoms with van der Waals surface area (Å²) in [6.07, 6.45) is 11.9. The van der Waals surface area contributed by atoms with Crippen LogP contribution >= 0.6 is 0 Å². The van der Waals surface area contributed by atoms with E-state index in [4.69, 9.17) is 0 Å². The van der Waals surface area contributed by atoms with Crippen molar-refractivity contribution in [1.29, 1.82) is 0 Å². The Labute approximate surface area is 141 Å². The zero-order valence-electron chi connectivity index (χ0n) is 14.0. The highest BCUT2D eigenvalue weighted by Crippen LogP contribution is 2.40. The van der Waals surface area contributed by atoms with Crippen molar-refractivity contribution in [2.45, 2.75) is 44.7 Å². The van der Waals surface area contributed by atoms with Crippen molar-refractivity contribution < 1.29 is 4.79 Å². The highest BCUT2D eigenvalue weighted by atomic mass is 16.2. The van der Waals surface area contributed by atoms with Gasteiger partial charge < -0.3 is 9.47 Å². The lowest BCUT2D eigenvalue weighted by molar-refractivity contribution is 0.183. The minimum absolute atomic E-state index is 0.0242. The number of carbonyl (C=O) groups excluding carboxylic acids is 1. The van der Waals surface area contributed by atoms with Crippen LogP contribution in [-0.4, -0.2) is 43.4 Å².